The molecule has 0 radical (unpaired) electrons. The van der Waals surface area contributed by atoms with Crippen LogP contribution in [-0.2, 0) is 4.79 Å². The van der Waals surface area contributed by atoms with E-state index < -0.39 is 0 Å². The number of rotatable bonds is 3. The second kappa shape index (κ2) is 4.43. The van der Waals surface area contributed by atoms with Gasteiger partial charge in [0.15, 0.2) is 0 Å². The largest absolute Gasteiger partial charge is 0.303 e. The van der Waals surface area contributed by atoms with E-state index in [1.54, 1.807) is 0 Å². The van der Waals surface area contributed by atoms with Gasteiger partial charge in [-0.2, -0.15) is 0 Å². The molecule has 0 saturated heterocycles. The summed E-state index contributed by atoms with van der Waals surface area (Å²) in [5, 5.41) is 0.706. The molecule has 2 heteroatoms. The van der Waals surface area contributed by atoms with Gasteiger partial charge in [0.05, 0.1) is 0 Å². The van der Waals surface area contributed by atoms with E-state index in [-0.39, 0.29) is 5.92 Å². The summed E-state index contributed by atoms with van der Waals surface area (Å²) in [7, 11) is 0. The van der Waals surface area contributed by atoms with E-state index in [0.29, 0.717) is 10.9 Å². The maximum atomic E-state index is 10.8. The molecule has 0 unspecified atom stereocenters. The predicted octanol–water partition coefficient (Wildman–Crippen LogP) is 3.28. The van der Waals surface area contributed by atoms with E-state index >= 15 is 0 Å². The summed E-state index contributed by atoms with van der Waals surface area (Å²) >= 11 is 5.75. The third-order valence-electron chi connectivity index (χ3n) is 2.12. The van der Waals surface area contributed by atoms with Crippen LogP contribution in [0.2, 0.25) is 5.02 Å². The van der Waals surface area contributed by atoms with Gasteiger partial charge in [0, 0.05) is 10.9 Å². The first-order chi connectivity index (χ1) is 6.15. The summed E-state index contributed by atoms with van der Waals surface area (Å²) in [4.78, 5) is 10.8. The van der Waals surface area contributed by atoms with Gasteiger partial charge in [-0.25, -0.2) is 0 Å². The van der Waals surface area contributed by atoms with Gasteiger partial charge in [-0.1, -0.05) is 37.6 Å². The molecule has 1 rings (SSSR count). The number of hydrogen-bond donors (Lipinski definition) is 0. The molecule has 0 fully saturated rings. The molecule has 0 N–H and O–H groups in total. The van der Waals surface area contributed by atoms with E-state index in [4.69, 9.17) is 11.6 Å². The highest BCUT2D eigenvalue weighted by Gasteiger charge is 2.13. The minimum absolute atomic E-state index is 0.0164. The van der Waals surface area contributed by atoms with E-state index in [2.05, 4.69) is 0 Å². The summed E-state index contributed by atoms with van der Waals surface area (Å²) in [6, 6.07) is 7.44. The fraction of sp³-hybridized carbons (Fsp3) is 0.364. The molecule has 0 aliphatic rings. The summed E-state index contributed by atoms with van der Waals surface area (Å²) in [6.07, 6.45) is 0.994. The Morgan fingerprint density at radius 1 is 1.23 bits per heavy atom. The highest BCUT2D eigenvalue weighted by atomic mass is 35.5. The fourth-order valence-corrected chi connectivity index (χ4v) is 1.43. The molecule has 1 aromatic rings. The first kappa shape index (κ1) is 10.3. The van der Waals surface area contributed by atoms with Crippen LogP contribution in [0.5, 0.6) is 0 Å². The lowest BCUT2D eigenvalue weighted by Crippen LogP contribution is -2.07. The van der Waals surface area contributed by atoms with Gasteiger partial charge in [0.25, 0.3) is 0 Å². The molecule has 0 aromatic heterocycles. The fourth-order valence-electron chi connectivity index (χ4n) is 1.31. The van der Waals surface area contributed by atoms with Gasteiger partial charge in [-0.3, -0.25) is 0 Å². The number of aldehydes is 1. The Morgan fingerprint density at radius 2 is 1.77 bits per heavy atom. The van der Waals surface area contributed by atoms with Crippen LogP contribution in [0.15, 0.2) is 24.3 Å². The predicted molar refractivity (Wildman–Crippen MR) is 55.1 cm³/mol. The van der Waals surface area contributed by atoms with Crippen molar-refractivity contribution >= 4 is 17.9 Å². The minimum Gasteiger partial charge on any atom is -0.303 e. The number of benzene rings is 1. The quantitative estimate of drug-likeness (QED) is 0.679. The van der Waals surface area contributed by atoms with Gasteiger partial charge in [-0.15, -0.1) is 0 Å². The summed E-state index contributed by atoms with van der Waals surface area (Å²) in [5.41, 5.74) is 1.04. The van der Waals surface area contributed by atoms with E-state index in [1.165, 1.54) is 0 Å². The third-order valence-corrected chi connectivity index (χ3v) is 2.37. The molecule has 1 atom stereocenters. The molecule has 0 heterocycles. The van der Waals surface area contributed by atoms with Gasteiger partial charge < -0.3 is 4.79 Å². The highest BCUT2D eigenvalue weighted by molar-refractivity contribution is 6.30. The van der Waals surface area contributed by atoms with Crippen molar-refractivity contribution < 1.29 is 4.79 Å². The highest BCUT2D eigenvalue weighted by Crippen LogP contribution is 2.23. The average molecular weight is 197 g/mol. The molecule has 0 amide bonds. The lowest BCUT2D eigenvalue weighted by molar-refractivity contribution is -0.109. The number of carbonyl (C=O) groups excluding carboxylic acids is 1. The van der Waals surface area contributed by atoms with E-state index in [0.717, 1.165) is 11.8 Å². The Kier molecular flexibility index (Phi) is 3.49. The molecular formula is C11H13ClO. The summed E-state index contributed by atoms with van der Waals surface area (Å²) in [5.74, 6) is 0.316. The SMILES string of the molecule is CC(C)[C@@H](C=O)c1ccc(Cl)cc1. The van der Waals surface area contributed by atoms with Gasteiger partial charge in [0.1, 0.15) is 6.29 Å². The van der Waals surface area contributed by atoms with Gasteiger partial charge >= 0.3 is 0 Å². The van der Waals surface area contributed by atoms with Crippen LogP contribution in [-0.4, -0.2) is 6.29 Å². The zero-order valence-electron chi connectivity index (χ0n) is 7.83. The first-order valence-corrected chi connectivity index (χ1v) is 4.73. The second-order valence-corrected chi connectivity index (χ2v) is 3.89. The van der Waals surface area contributed by atoms with E-state index in [1.807, 2.05) is 38.1 Å². The molecule has 1 nitrogen and oxygen atoms in total. The topological polar surface area (TPSA) is 17.1 Å². The number of carbonyl (C=O) groups is 1. The lowest BCUT2D eigenvalue weighted by atomic mass is 9.90. The normalized spacial score (nSPS) is 12.9. The lowest BCUT2D eigenvalue weighted by Gasteiger charge is -2.14. The average Bonchev–Trinajstić information content (AvgIpc) is 2.09. The first-order valence-electron chi connectivity index (χ1n) is 4.36. The number of halogens is 1. The molecular weight excluding hydrogens is 184 g/mol. The molecule has 0 bridgehead atoms. The van der Waals surface area contributed by atoms with Crippen molar-refractivity contribution in [1.29, 1.82) is 0 Å². The monoisotopic (exact) mass is 196 g/mol. The Bertz CT molecular complexity index is 277. The van der Waals surface area contributed by atoms with Crippen LogP contribution >= 0.6 is 11.6 Å². The summed E-state index contributed by atoms with van der Waals surface area (Å²) in [6.45, 7) is 4.07. The Balaban J connectivity index is 2.92. The Labute approximate surface area is 83.7 Å². The molecule has 0 aliphatic carbocycles. The van der Waals surface area contributed by atoms with Crippen molar-refractivity contribution in [3.63, 3.8) is 0 Å². The van der Waals surface area contributed by atoms with E-state index in [9.17, 15) is 4.79 Å². The smallest absolute Gasteiger partial charge is 0.127 e. The van der Waals surface area contributed by atoms with Crippen molar-refractivity contribution in [1.82, 2.24) is 0 Å². The standard InChI is InChI=1S/C11H13ClO/c1-8(2)11(7-13)9-3-5-10(12)6-4-9/h3-8,11H,1-2H3/t11-/m1/s1. The van der Waals surface area contributed by atoms with Crippen molar-refractivity contribution in [2.75, 3.05) is 0 Å². The second-order valence-electron chi connectivity index (χ2n) is 3.46. The van der Waals surface area contributed by atoms with Crippen LogP contribution in [0.4, 0.5) is 0 Å². The van der Waals surface area contributed by atoms with Crippen molar-refractivity contribution in [3.8, 4) is 0 Å². The van der Waals surface area contributed by atoms with Crippen LogP contribution in [0.3, 0.4) is 0 Å². The van der Waals surface area contributed by atoms with Crippen LogP contribution < -0.4 is 0 Å². The molecule has 0 saturated carbocycles. The molecule has 70 valence electrons. The maximum absolute atomic E-state index is 10.8. The van der Waals surface area contributed by atoms with Crippen LogP contribution in [0.25, 0.3) is 0 Å². The zero-order chi connectivity index (χ0) is 9.84. The minimum atomic E-state index is -0.0164. The maximum Gasteiger partial charge on any atom is 0.127 e. The Hall–Kier alpha value is -0.820. The molecule has 0 aliphatic heterocycles. The van der Waals surface area contributed by atoms with Crippen LogP contribution in [0, 0.1) is 5.92 Å². The summed E-state index contributed by atoms with van der Waals surface area (Å²) < 4.78 is 0. The molecule has 1 aromatic carbocycles. The number of hydrogen-bond acceptors (Lipinski definition) is 1. The van der Waals surface area contributed by atoms with Crippen molar-refractivity contribution in [2.45, 2.75) is 19.8 Å². The van der Waals surface area contributed by atoms with Gasteiger partial charge in [-0.05, 0) is 23.6 Å². The van der Waals surface area contributed by atoms with Crippen LogP contribution in [0.1, 0.15) is 25.3 Å². The molecule has 13 heavy (non-hydrogen) atoms. The van der Waals surface area contributed by atoms with Gasteiger partial charge in [0.2, 0.25) is 0 Å². The molecule has 0 spiro atoms. The Morgan fingerprint density at radius 3 is 2.15 bits per heavy atom. The zero-order valence-corrected chi connectivity index (χ0v) is 8.58. The third kappa shape index (κ3) is 2.56. The van der Waals surface area contributed by atoms with Crippen molar-refractivity contribution in [2.24, 2.45) is 5.92 Å². The van der Waals surface area contributed by atoms with Crippen molar-refractivity contribution in [3.05, 3.63) is 34.9 Å².